The molecular formula is C17H22N8OS. The molecule has 0 unspecified atom stereocenters. The maximum absolute atomic E-state index is 13.0. The molecular weight excluding hydrogens is 364 g/mol. The van der Waals surface area contributed by atoms with Crippen molar-refractivity contribution in [3.8, 4) is 0 Å². The molecule has 1 aliphatic heterocycles. The maximum atomic E-state index is 13.0. The van der Waals surface area contributed by atoms with Gasteiger partial charge in [-0.15, -0.1) is 0 Å². The number of nitrogens with zero attached hydrogens (tertiary/aromatic N) is 7. The topological polar surface area (TPSA) is 92.1 Å². The Morgan fingerprint density at radius 2 is 1.93 bits per heavy atom. The molecule has 9 nitrogen and oxygen atoms in total. The lowest BCUT2D eigenvalue weighted by molar-refractivity contribution is 0.0747. The smallest absolute Gasteiger partial charge is 0.258 e. The van der Waals surface area contributed by atoms with E-state index in [-0.39, 0.29) is 5.91 Å². The number of aromatic nitrogens is 5. The number of carbonyl (C=O) groups excluding carboxylic acids is 1. The van der Waals surface area contributed by atoms with Gasteiger partial charge in [-0.05, 0) is 25.4 Å². The van der Waals surface area contributed by atoms with Crippen LogP contribution in [-0.2, 0) is 7.05 Å². The summed E-state index contributed by atoms with van der Waals surface area (Å²) in [7, 11) is 3.70. The molecule has 1 aliphatic rings. The highest BCUT2D eigenvalue weighted by Crippen LogP contribution is 2.27. The van der Waals surface area contributed by atoms with Gasteiger partial charge >= 0.3 is 0 Å². The Kier molecular flexibility index (Phi) is 4.42. The van der Waals surface area contributed by atoms with Crippen LogP contribution in [0.1, 0.15) is 21.9 Å². The van der Waals surface area contributed by atoms with Crippen molar-refractivity contribution in [3.63, 3.8) is 0 Å². The molecule has 0 aromatic carbocycles. The quantitative estimate of drug-likeness (QED) is 0.728. The molecule has 1 fully saturated rings. The molecule has 27 heavy (non-hydrogen) atoms. The molecule has 0 spiro atoms. The van der Waals surface area contributed by atoms with E-state index < -0.39 is 0 Å². The fraction of sp³-hybridized carbons (Fsp3) is 0.471. The molecule has 0 aliphatic carbocycles. The fourth-order valence-electron chi connectivity index (χ4n) is 3.43. The van der Waals surface area contributed by atoms with Crippen molar-refractivity contribution in [1.29, 1.82) is 0 Å². The third-order valence-electron chi connectivity index (χ3n) is 4.85. The molecule has 142 valence electrons. The van der Waals surface area contributed by atoms with Crippen molar-refractivity contribution in [2.75, 3.05) is 43.4 Å². The number of carbonyl (C=O) groups is 1. The Labute approximate surface area is 161 Å². The standard InChI is InChI=1S/C17H22N8OS/c1-10-13(16(18-3)27-22-10)17(26)25-7-5-24(6-8-25)15-12-9-19-23(4)14(12)20-11(2)21-15/h9,18H,5-8H2,1-4H3. The Balaban J connectivity index is 1.54. The van der Waals surface area contributed by atoms with E-state index in [1.807, 2.05) is 32.8 Å². The number of piperazine rings is 1. The van der Waals surface area contributed by atoms with Crippen LogP contribution in [0.25, 0.3) is 11.0 Å². The van der Waals surface area contributed by atoms with Crippen LogP contribution in [0.2, 0.25) is 0 Å². The average molecular weight is 386 g/mol. The van der Waals surface area contributed by atoms with Gasteiger partial charge in [0, 0.05) is 40.3 Å². The SMILES string of the molecule is CNc1snc(C)c1C(=O)N1CCN(c2nc(C)nc3c2cnn3C)CC1. The largest absolute Gasteiger partial charge is 0.378 e. The first-order valence-corrected chi connectivity index (χ1v) is 9.61. The maximum Gasteiger partial charge on any atom is 0.258 e. The van der Waals surface area contributed by atoms with Gasteiger partial charge in [-0.3, -0.25) is 9.48 Å². The van der Waals surface area contributed by atoms with E-state index in [4.69, 9.17) is 0 Å². The first-order chi connectivity index (χ1) is 13.0. The van der Waals surface area contributed by atoms with E-state index in [1.165, 1.54) is 11.5 Å². The molecule has 0 saturated carbocycles. The third-order valence-corrected chi connectivity index (χ3v) is 5.81. The fourth-order valence-corrected chi connectivity index (χ4v) is 4.16. The second-order valence-electron chi connectivity index (χ2n) is 6.60. The summed E-state index contributed by atoms with van der Waals surface area (Å²) in [4.78, 5) is 26.2. The van der Waals surface area contributed by atoms with Crippen LogP contribution in [0, 0.1) is 13.8 Å². The first kappa shape index (κ1) is 17.7. The van der Waals surface area contributed by atoms with Crippen molar-refractivity contribution in [2.24, 2.45) is 7.05 Å². The predicted molar refractivity (Wildman–Crippen MR) is 106 cm³/mol. The number of amides is 1. The third kappa shape index (κ3) is 2.99. The summed E-state index contributed by atoms with van der Waals surface area (Å²) in [6, 6.07) is 0. The van der Waals surface area contributed by atoms with Crippen LogP contribution >= 0.6 is 11.5 Å². The Bertz CT molecular complexity index is 1000. The summed E-state index contributed by atoms with van der Waals surface area (Å²) in [5.74, 6) is 1.65. The van der Waals surface area contributed by atoms with Crippen LogP contribution in [0.4, 0.5) is 10.8 Å². The zero-order chi connectivity index (χ0) is 19.1. The van der Waals surface area contributed by atoms with E-state index in [2.05, 4.69) is 29.7 Å². The summed E-state index contributed by atoms with van der Waals surface area (Å²) < 4.78 is 6.07. The first-order valence-electron chi connectivity index (χ1n) is 8.84. The molecule has 0 atom stereocenters. The highest BCUT2D eigenvalue weighted by atomic mass is 32.1. The van der Waals surface area contributed by atoms with Crippen LogP contribution in [0.15, 0.2) is 6.20 Å². The van der Waals surface area contributed by atoms with Crippen LogP contribution in [-0.4, -0.2) is 68.2 Å². The lowest BCUT2D eigenvalue weighted by atomic mass is 10.2. The Hall–Kier alpha value is -2.75. The average Bonchev–Trinajstić information content (AvgIpc) is 3.23. The highest BCUT2D eigenvalue weighted by molar-refractivity contribution is 7.10. The molecule has 3 aromatic rings. The minimum absolute atomic E-state index is 0.0376. The van der Waals surface area contributed by atoms with Gasteiger partial charge in [0.05, 0.1) is 22.8 Å². The molecule has 0 radical (unpaired) electrons. The van der Waals surface area contributed by atoms with Crippen molar-refractivity contribution < 1.29 is 4.79 Å². The van der Waals surface area contributed by atoms with Crippen molar-refractivity contribution in [3.05, 3.63) is 23.3 Å². The number of anilines is 2. The predicted octanol–water partition coefficient (Wildman–Crippen LogP) is 1.44. The number of rotatable bonds is 3. The minimum Gasteiger partial charge on any atom is -0.378 e. The van der Waals surface area contributed by atoms with Gasteiger partial charge in [-0.2, -0.15) is 9.47 Å². The van der Waals surface area contributed by atoms with Gasteiger partial charge < -0.3 is 15.1 Å². The van der Waals surface area contributed by atoms with Crippen molar-refractivity contribution in [2.45, 2.75) is 13.8 Å². The Morgan fingerprint density at radius 3 is 2.63 bits per heavy atom. The summed E-state index contributed by atoms with van der Waals surface area (Å²) in [6.45, 7) is 6.49. The van der Waals surface area contributed by atoms with Crippen LogP contribution in [0.5, 0.6) is 0 Å². The van der Waals surface area contributed by atoms with E-state index in [1.54, 1.807) is 10.9 Å². The molecule has 4 rings (SSSR count). The van der Waals surface area contributed by atoms with Crippen molar-refractivity contribution in [1.82, 2.24) is 29.0 Å². The molecule has 10 heteroatoms. The highest BCUT2D eigenvalue weighted by Gasteiger charge is 2.28. The van der Waals surface area contributed by atoms with Gasteiger partial charge in [-0.1, -0.05) is 0 Å². The summed E-state index contributed by atoms with van der Waals surface area (Å²) in [5.41, 5.74) is 2.29. The molecule has 0 bridgehead atoms. The van der Waals surface area contributed by atoms with E-state index >= 15 is 0 Å². The molecule has 1 saturated heterocycles. The second kappa shape index (κ2) is 6.76. The summed E-state index contributed by atoms with van der Waals surface area (Å²) in [6.07, 6.45) is 1.81. The van der Waals surface area contributed by atoms with Gasteiger partial charge in [0.15, 0.2) is 5.65 Å². The number of hydrogen-bond acceptors (Lipinski definition) is 8. The van der Waals surface area contributed by atoms with E-state index in [9.17, 15) is 4.79 Å². The van der Waals surface area contributed by atoms with Crippen LogP contribution in [0.3, 0.4) is 0 Å². The van der Waals surface area contributed by atoms with E-state index in [0.29, 0.717) is 18.7 Å². The van der Waals surface area contributed by atoms with E-state index in [0.717, 1.165) is 46.5 Å². The molecule has 3 aromatic heterocycles. The zero-order valence-corrected chi connectivity index (χ0v) is 16.7. The van der Waals surface area contributed by atoms with Gasteiger partial charge in [0.1, 0.15) is 16.6 Å². The molecule has 1 N–H and O–H groups in total. The Morgan fingerprint density at radius 1 is 1.19 bits per heavy atom. The number of nitrogens with one attached hydrogen (secondary N) is 1. The lowest BCUT2D eigenvalue weighted by Gasteiger charge is -2.35. The number of aryl methyl sites for hydroxylation is 3. The number of fused-ring (bicyclic) bond motifs is 1. The van der Waals surface area contributed by atoms with Crippen LogP contribution < -0.4 is 10.2 Å². The monoisotopic (exact) mass is 386 g/mol. The zero-order valence-electron chi connectivity index (χ0n) is 15.9. The van der Waals surface area contributed by atoms with Gasteiger partial charge in [0.2, 0.25) is 0 Å². The second-order valence-corrected chi connectivity index (χ2v) is 7.37. The summed E-state index contributed by atoms with van der Waals surface area (Å²) in [5, 5.41) is 9.15. The molecule has 4 heterocycles. The number of hydrogen-bond donors (Lipinski definition) is 1. The summed E-state index contributed by atoms with van der Waals surface area (Å²) >= 11 is 1.33. The molecule has 1 amide bonds. The lowest BCUT2D eigenvalue weighted by Crippen LogP contribution is -2.49. The van der Waals surface area contributed by atoms with Gasteiger partial charge in [-0.25, -0.2) is 9.97 Å². The normalized spacial score (nSPS) is 14.8. The van der Waals surface area contributed by atoms with Crippen molar-refractivity contribution >= 4 is 39.3 Å². The minimum atomic E-state index is 0.0376. The van der Waals surface area contributed by atoms with Gasteiger partial charge in [0.25, 0.3) is 5.91 Å².